The summed E-state index contributed by atoms with van der Waals surface area (Å²) in [6, 6.07) is 4.80. The first-order valence-corrected chi connectivity index (χ1v) is 5.81. The number of aromatic amines is 1. The zero-order valence-electron chi connectivity index (χ0n) is 10.3. The zero-order valence-corrected chi connectivity index (χ0v) is 10.3. The topological polar surface area (TPSA) is 121 Å². The Morgan fingerprint density at radius 2 is 2.26 bits per heavy atom. The Bertz CT molecular complexity index is 596. The summed E-state index contributed by atoms with van der Waals surface area (Å²) in [5.74, 6) is -0.513. The third-order valence-corrected chi connectivity index (χ3v) is 2.79. The number of carbonyl (C=O) groups excluding carboxylic acids is 1. The summed E-state index contributed by atoms with van der Waals surface area (Å²) in [6.45, 7) is 1.76. The van der Waals surface area contributed by atoms with E-state index < -0.39 is 18.2 Å². The quantitative estimate of drug-likeness (QED) is 0.582. The molecule has 0 bridgehead atoms. The van der Waals surface area contributed by atoms with Gasteiger partial charge in [-0.25, -0.2) is 4.79 Å². The number of nitrogens with zero attached hydrogens (tertiary/aromatic N) is 1. The molecular formula is C12H15N3O4. The van der Waals surface area contributed by atoms with Gasteiger partial charge >= 0.3 is 5.97 Å². The number of ether oxygens (including phenoxy) is 1. The molecule has 0 spiro atoms. The van der Waals surface area contributed by atoms with Gasteiger partial charge in [0, 0.05) is 5.39 Å². The molecule has 0 aliphatic carbocycles. The predicted octanol–water partition coefficient (Wildman–Crippen LogP) is 0.102. The number of hydrogen-bond donors (Lipinski definition) is 4. The van der Waals surface area contributed by atoms with Crippen molar-refractivity contribution in [2.24, 2.45) is 0 Å². The summed E-state index contributed by atoms with van der Waals surface area (Å²) >= 11 is 0. The van der Waals surface area contributed by atoms with Crippen molar-refractivity contribution in [1.29, 1.82) is 0 Å². The van der Waals surface area contributed by atoms with E-state index in [2.05, 4.69) is 14.9 Å². The van der Waals surface area contributed by atoms with Gasteiger partial charge in [0.2, 0.25) is 0 Å². The van der Waals surface area contributed by atoms with Gasteiger partial charge in [0.05, 0.1) is 12.1 Å². The number of aliphatic hydroxyl groups is 2. The van der Waals surface area contributed by atoms with Crippen molar-refractivity contribution in [3.8, 4) is 0 Å². The van der Waals surface area contributed by atoms with Crippen molar-refractivity contribution in [2.75, 3.05) is 12.3 Å². The number of rotatable bonds is 4. The third kappa shape index (κ3) is 2.51. The minimum absolute atomic E-state index is 0.138. The number of H-pyrrole nitrogens is 1. The highest BCUT2D eigenvalue weighted by Crippen LogP contribution is 2.24. The molecular weight excluding hydrogens is 250 g/mol. The molecule has 5 N–H and O–H groups in total. The van der Waals surface area contributed by atoms with Gasteiger partial charge in [-0.2, -0.15) is 5.10 Å². The predicted molar refractivity (Wildman–Crippen MR) is 68.1 cm³/mol. The number of nitrogen functional groups attached to an aromatic ring is 1. The second-order valence-electron chi connectivity index (χ2n) is 4.06. The van der Waals surface area contributed by atoms with Gasteiger partial charge in [-0.05, 0) is 24.6 Å². The van der Waals surface area contributed by atoms with Gasteiger partial charge in [0.15, 0.2) is 11.9 Å². The molecule has 19 heavy (non-hydrogen) atoms. The van der Waals surface area contributed by atoms with Gasteiger partial charge < -0.3 is 20.7 Å². The van der Waals surface area contributed by atoms with Crippen LogP contribution in [0.5, 0.6) is 0 Å². The van der Waals surface area contributed by atoms with Crippen LogP contribution in [0.15, 0.2) is 18.2 Å². The van der Waals surface area contributed by atoms with Crippen molar-refractivity contribution in [1.82, 2.24) is 10.2 Å². The van der Waals surface area contributed by atoms with E-state index in [1.807, 2.05) is 0 Å². The van der Waals surface area contributed by atoms with E-state index in [0.29, 0.717) is 22.3 Å². The first kappa shape index (κ1) is 13.3. The number of nitrogens with one attached hydrogen (secondary N) is 1. The molecule has 0 saturated carbocycles. The minimum Gasteiger partial charge on any atom is -0.464 e. The van der Waals surface area contributed by atoms with E-state index in [1.54, 1.807) is 25.1 Å². The Morgan fingerprint density at radius 1 is 1.53 bits per heavy atom. The molecule has 0 saturated heterocycles. The van der Waals surface area contributed by atoms with E-state index in [9.17, 15) is 15.0 Å². The van der Waals surface area contributed by atoms with Crippen LogP contribution >= 0.6 is 0 Å². The lowest BCUT2D eigenvalue weighted by Gasteiger charge is -2.16. The molecule has 0 aliphatic rings. The maximum absolute atomic E-state index is 11.4. The van der Waals surface area contributed by atoms with Crippen LogP contribution in [0.25, 0.3) is 10.9 Å². The number of anilines is 1. The monoisotopic (exact) mass is 265 g/mol. The zero-order chi connectivity index (χ0) is 14.0. The lowest BCUT2D eigenvalue weighted by molar-refractivity contribution is -0.159. The van der Waals surface area contributed by atoms with Gasteiger partial charge in [-0.3, -0.25) is 5.10 Å². The molecule has 2 unspecified atom stereocenters. The number of aromatic nitrogens is 2. The molecule has 1 aromatic carbocycles. The molecule has 1 heterocycles. The molecule has 1 aromatic heterocycles. The summed E-state index contributed by atoms with van der Waals surface area (Å²) in [5, 5.41) is 26.8. The molecule has 0 amide bonds. The van der Waals surface area contributed by atoms with Crippen LogP contribution < -0.4 is 5.73 Å². The van der Waals surface area contributed by atoms with Crippen molar-refractivity contribution in [3.63, 3.8) is 0 Å². The van der Waals surface area contributed by atoms with Crippen molar-refractivity contribution in [3.05, 3.63) is 23.8 Å². The standard InChI is InChI=1S/C12H15N3O4/c1-2-19-12(18)10(17)9(16)6-3-4-7-8(5-6)14-15-11(7)13/h3-5,9-10,16-17H,2H2,1H3,(H3,13,14,15). The van der Waals surface area contributed by atoms with Crippen LogP contribution in [0.3, 0.4) is 0 Å². The number of aliphatic hydroxyl groups excluding tert-OH is 2. The average Bonchev–Trinajstić information content (AvgIpc) is 2.78. The van der Waals surface area contributed by atoms with E-state index >= 15 is 0 Å². The van der Waals surface area contributed by atoms with Crippen molar-refractivity contribution >= 4 is 22.7 Å². The van der Waals surface area contributed by atoms with Crippen LogP contribution in [0.2, 0.25) is 0 Å². The van der Waals surface area contributed by atoms with Gasteiger partial charge in [0.1, 0.15) is 6.10 Å². The second kappa shape index (κ2) is 5.25. The smallest absolute Gasteiger partial charge is 0.338 e. The number of fused-ring (bicyclic) bond motifs is 1. The van der Waals surface area contributed by atoms with Crippen LogP contribution in [0.1, 0.15) is 18.6 Å². The molecule has 2 atom stereocenters. The Morgan fingerprint density at radius 3 is 2.95 bits per heavy atom. The second-order valence-corrected chi connectivity index (χ2v) is 4.06. The largest absolute Gasteiger partial charge is 0.464 e. The Hall–Kier alpha value is -2.12. The minimum atomic E-state index is -1.63. The van der Waals surface area contributed by atoms with Crippen LogP contribution in [0, 0.1) is 0 Å². The SMILES string of the molecule is CCOC(=O)C(O)C(O)c1ccc2c(N)n[nH]c2c1. The number of nitrogens with two attached hydrogens (primary N) is 1. The number of benzene rings is 1. The van der Waals surface area contributed by atoms with Gasteiger partial charge in [-0.1, -0.05) is 6.07 Å². The first-order valence-electron chi connectivity index (χ1n) is 5.81. The normalized spacial score (nSPS) is 14.3. The average molecular weight is 265 g/mol. The van der Waals surface area contributed by atoms with Crippen molar-refractivity contribution < 1.29 is 19.7 Å². The van der Waals surface area contributed by atoms with Crippen LogP contribution in [-0.4, -0.2) is 39.1 Å². The highest BCUT2D eigenvalue weighted by atomic mass is 16.5. The highest BCUT2D eigenvalue weighted by molar-refractivity contribution is 5.89. The molecule has 0 aliphatic heterocycles. The third-order valence-electron chi connectivity index (χ3n) is 2.79. The summed E-state index contributed by atoms with van der Waals surface area (Å²) in [4.78, 5) is 11.4. The highest BCUT2D eigenvalue weighted by Gasteiger charge is 2.27. The molecule has 7 nitrogen and oxygen atoms in total. The molecule has 7 heteroatoms. The fourth-order valence-corrected chi connectivity index (χ4v) is 1.78. The Labute approximate surface area is 109 Å². The molecule has 0 radical (unpaired) electrons. The van der Waals surface area contributed by atoms with E-state index in [4.69, 9.17) is 5.73 Å². The van der Waals surface area contributed by atoms with Gasteiger partial charge in [-0.15, -0.1) is 0 Å². The van der Waals surface area contributed by atoms with E-state index in [0.717, 1.165) is 0 Å². The summed E-state index contributed by atoms with van der Waals surface area (Å²) in [7, 11) is 0. The Balaban J connectivity index is 2.25. The molecule has 2 aromatic rings. The Kier molecular flexibility index (Phi) is 3.68. The summed E-state index contributed by atoms with van der Waals surface area (Å²) < 4.78 is 4.65. The number of esters is 1. The fourth-order valence-electron chi connectivity index (χ4n) is 1.78. The molecule has 2 rings (SSSR count). The van der Waals surface area contributed by atoms with E-state index in [-0.39, 0.29) is 6.61 Å². The van der Waals surface area contributed by atoms with E-state index in [1.165, 1.54) is 0 Å². The lowest BCUT2D eigenvalue weighted by atomic mass is 10.0. The first-order chi connectivity index (χ1) is 9.04. The number of hydrogen-bond acceptors (Lipinski definition) is 6. The molecule has 0 fully saturated rings. The lowest BCUT2D eigenvalue weighted by Crippen LogP contribution is -2.29. The van der Waals surface area contributed by atoms with Gasteiger partial charge in [0.25, 0.3) is 0 Å². The summed E-state index contributed by atoms with van der Waals surface area (Å²) in [5.41, 5.74) is 6.61. The summed E-state index contributed by atoms with van der Waals surface area (Å²) in [6.07, 6.45) is -2.99. The van der Waals surface area contributed by atoms with Crippen LogP contribution in [0.4, 0.5) is 5.82 Å². The molecule has 102 valence electrons. The maximum atomic E-state index is 11.4. The number of carbonyl (C=O) groups is 1. The van der Waals surface area contributed by atoms with Crippen molar-refractivity contribution in [2.45, 2.75) is 19.1 Å². The van der Waals surface area contributed by atoms with Crippen LogP contribution in [-0.2, 0) is 9.53 Å². The fraction of sp³-hybridized carbons (Fsp3) is 0.333. The maximum Gasteiger partial charge on any atom is 0.338 e.